The van der Waals surface area contributed by atoms with Gasteiger partial charge in [-0.2, -0.15) is 0 Å². The molecule has 0 saturated carbocycles. The van der Waals surface area contributed by atoms with Gasteiger partial charge in [0.25, 0.3) is 0 Å². The first kappa shape index (κ1) is 30.1. The third-order valence-electron chi connectivity index (χ3n) is 4.73. The fourth-order valence-corrected chi connectivity index (χ4v) is 3.59. The molecule has 0 aromatic heterocycles. The molecule has 0 radical (unpaired) electrons. The van der Waals surface area contributed by atoms with Crippen LogP contribution in [0.5, 0.6) is 0 Å². The van der Waals surface area contributed by atoms with Crippen LogP contribution in [0, 0.1) is 0 Å². The Hall–Kier alpha value is -3.91. The highest BCUT2D eigenvalue weighted by atomic mass is 16.7. The molecule has 0 unspecified atom stereocenters. The molecule has 0 aromatic rings. The van der Waals surface area contributed by atoms with Gasteiger partial charge in [-0.1, -0.05) is 5.11 Å². The monoisotopic (exact) mass is 517 g/mol. The maximum Gasteiger partial charge on any atom is 0.317 e. The van der Waals surface area contributed by atoms with E-state index < -0.39 is 85.1 Å². The van der Waals surface area contributed by atoms with Crippen molar-refractivity contribution in [1.29, 1.82) is 0 Å². The van der Waals surface area contributed by atoms with Crippen molar-refractivity contribution >= 4 is 35.8 Å². The van der Waals surface area contributed by atoms with Gasteiger partial charge >= 0.3 is 35.8 Å². The molecule has 0 amide bonds. The summed E-state index contributed by atoms with van der Waals surface area (Å²) >= 11 is 0. The molecule has 0 N–H and O–H groups in total. The van der Waals surface area contributed by atoms with Gasteiger partial charge in [0, 0.05) is 46.0 Å². The van der Waals surface area contributed by atoms with Crippen LogP contribution in [0.1, 0.15) is 41.0 Å². The lowest BCUT2D eigenvalue weighted by Gasteiger charge is -2.50. The molecule has 1 aliphatic rings. The average molecular weight is 517 g/mol. The summed E-state index contributed by atoms with van der Waals surface area (Å²) in [6.07, 6.45) is -7.54. The predicted octanol–water partition coefficient (Wildman–Crippen LogP) is 0.245. The number of rotatable bonds is 10. The second kappa shape index (κ2) is 13.3. The van der Waals surface area contributed by atoms with Gasteiger partial charge in [0.05, 0.1) is 13.2 Å². The van der Waals surface area contributed by atoms with Crippen molar-refractivity contribution in [2.24, 2.45) is 5.11 Å². The number of carbonyl (C=O) groups is 6. The number of ether oxygens (including phenoxy) is 7. The zero-order chi connectivity index (χ0) is 27.6. The third kappa shape index (κ3) is 8.09. The average Bonchev–Trinajstić information content (AvgIpc) is 2.75. The van der Waals surface area contributed by atoms with E-state index in [0.29, 0.717) is 0 Å². The van der Waals surface area contributed by atoms with Crippen LogP contribution in [0.2, 0.25) is 0 Å². The Kier molecular flexibility index (Phi) is 11.1. The van der Waals surface area contributed by atoms with Crippen molar-refractivity contribution in [1.82, 2.24) is 0 Å². The van der Waals surface area contributed by atoms with Gasteiger partial charge in [-0.3, -0.25) is 28.8 Å². The zero-order valence-electron chi connectivity index (χ0n) is 20.4. The van der Waals surface area contributed by atoms with Gasteiger partial charge < -0.3 is 33.2 Å². The van der Waals surface area contributed by atoms with Crippen LogP contribution >= 0.6 is 0 Å². The van der Waals surface area contributed by atoms with Crippen LogP contribution in [0.25, 0.3) is 10.4 Å². The molecular weight excluding hydrogens is 490 g/mol. The Morgan fingerprint density at radius 1 is 0.972 bits per heavy atom. The molecule has 6 atom stereocenters. The number of hydrogen-bond acceptors (Lipinski definition) is 14. The van der Waals surface area contributed by atoms with Crippen molar-refractivity contribution in [2.75, 3.05) is 13.7 Å². The molecule has 1 rings (SSSR count). The molecular formula is C20H27N3O13. The van der Waals surface area contributed by atoms with Crippen LogP contribution in [-0.2, 0) is 61.9 Å². The fourth-order valence-electron chi connectivity index (χ4n) is 3.59. The summed E-state index contributed by atoms with van der Waals surface area (Å²) in [5.74, 6) is -5.71. The van der Waals surface area contributed by atoms with E-state index in [9.17, 15) is 28.8 Å². The lowest BCUT2D eigenvalue weighted by atomic mass is 9.79. The summed E-state index contributed by atoms with van der Waals surface area (Å²) in [6.45, 7) is 4.28. The van der Waals surface area contributed by atoms with Crippen LogP contribution in [0.3, 0.4) is 0 Å². The molecule has 200 valence electrons. The number of hydrogen-bond donors (Lipinski definition) is 0. The van der Waals surface area contributed by atoms with Gasteiger partial charge in [-0.25, -0.2) is 0 Å². The number of esters is 6. The minimum atomic E-state index is -2.28. The summed E-state index contributed by atoms with van der Waals surface area (Å²) in [7, 11) is 0.998. The van der Waals surface area contributed by atoms with Crippen molar-refractivity contribution in [3.63, 3.8) is 0 Å². The van der Waals surface area contributed by atoms with Crippen molar-refractivity contribution in [3.8, 4) is 0 Å². The van der Waals surface area contributed by atoms with E-state index in [-0.39, 0.29) is 0 Å². The normalized spacial score (nSPS) is 24.6. The Labute approximate surface area is 205 Å². The van der Waals surface area contributed by atoms with E-state index in [1.54, 1.807) is 0 Å². The number of nitrogens with zero attached hydrogens (tertiary/aromatic N) is 3. The maximum absolute atomic E-state index is 12.4. The molecule has 36 heavy (non-hydrogen) atoms. The molecule has 1 fully saturated rings. The fraction of sp³-hybridized carbons (Fsp3) is 0.700. The SMILES string of the molecule is COC(=O)[C@H](N=[N+]=[N-])[C@@H]1C[C@@](OC(C)=O)([C@H](COC(C)=O)OC(C)=O)[C@@H](OC(C)=O)[C@@H](OC(C)=O)O1. The lowest BCUT2D eigenvalue weighted by Crippen LogP contribution is -2.69. The second-order valence-electron chi connectivity index (χ2n) is 7.51. The van der Waals surface area contributed by atoms with Crippen LogP contribution in [0.15, 0.2) is 5.11 Å². The van der Waals surface area contributed by atoms with Crippen LogP contribution in [-0.4, -0.2) is 85.8 Å². The summed E-state index contributed by atoms with van der Waals surface area (Å²) in [4.78, 5) is 74.6. The number of azide groups is 1. The Bertz CT molecular complexity index is 932. The Morgan fingerprint density at radius 3 is 2.03 bits per heavy atom. The topological polar surface area (TPSA) is 216 Å². The highest BCUT2D eigenvalue weighted by Crippen LogP contribution is 2.41. The Balaban J connectivity index is 3.91. The minimum Gasteiger partial charge on any atom is -0.469 e. The smallest absolute Gasteiger partial charge is 0.317 e. The van der Waals surface area contributed by atoms with E-state index in [2.05, 4.69) is 14.8 Å². The van der Waals surface area contributed by atoms with Crippen LogP contribution < -0.4 is 0 Å². The second-order valence-corrected chi connectivity index (χ2v) is 7.51. The van der Waals surface area contributed by atoms with Crippen molar-refractivity contribution in [3.05, 3.63) is 10.4 Å². The standard InChI is InChI=1S/C20H27N3O13/c1-9(24)31-8-15(32-10(2)25)20(36-13(5)28)7-14(16(22-23-21)18(29)30-6)35-19(34-12(4)27)17(20)33-11(3)26/h14-17,19H,7-8H2,1-6H3/t14-,15-,16+,17-,19-,20+/m0/s1. The van der Waals surface area contributed by atoms with E-state index in [1.165, 1.54) is 0 Å². The summed E-state index contributed by atoms with van der Waals surface area (Å²) in [5.41, 5.74) is 6.69. The number of carbonyl (C=O) groups excluding carboxylic acids is 6. The zero-order valence-corrected chi connectivity index (χ0v) is 20.4. The molecule has 1 heterocycles. The predicted molar refractivity (Wildman–Crippen MR) is 112 cm³/mol. The molecule has 0 aliphatic carbocycles. The summed E-state index contributed by atoms with van der Waals surface area (Å²) in [5, 5.41) is 3.36. The van der Waals surface area contributed by atoms with Crippen molar-refractivity contribution < 1.29 is 61.9 Å². The van der Waals surface area contributed by atoms with Gasteiger partial charge in [-0.05, 0) is 5.53 Å². The largest absolute Gasteiger partial charge is 0.469 e. The highest BCUT2D eigenvalue weighted by molar-refractivity contribution is 5.77. The highest BCUT2D eigenvalue weighted by Gasteiger charge is 2.63. The van der Waals surface area contributed by atoms with E-state index in [0.717, 1.165) is 41.7 Å². The van der Waals surface area contributed by atoms with E-state index >= 15 is 0 Å². The molecule has 0 aromatic carbocycles. The van der Waals surface area contributed by atoms with Gasteiger partial charge in [-0.15, -0.1) is 0 Å². The quantitative estimate of drug-likeness (QED) is 0.125. The van der Waals surface area contributed by atoms with E-state index in [4.69, 9.17) is 34.0 Å². The first-order valence-corrected chi connectivity index (χ1v) is 10.4. The number of methoxy groups -OCH3 is 1. The third-order valence-corrected chi connectivity index (χ3v) is 4.73. The lowest BCUT2D eigenvalue weighted by molar-refractivity contribution is -0.313. The molecule has 0 bridgehead atoms. The summed E-state index contributed by atoms with van der Waals surface area (Å²) in [6, 6.07) is -1.72. The van der Waals surface area contributed by atoms with Crippen LogP contribution in [0.4, 0.5) is 0 Å². The Morgan fingerprint density at radius 2 is 1.58 bits per heavy atom. The maximum atomic E-state index is 12.4. The first-order valence-electron chi connectivity index (χ1n) is 10.4. The first-order chi connectivity index (χ1) is 16.8. The molecule has 16 nitrogen and oxygen atoms in total. The van der Waals surface area contributed by atoms with Crippen molar-refractivity contribution in [2.45, 2.75) is 77.3 Å². The minimum absolute atomic E-state index is 0.639. The summed E-state index contributed by atoms with van der Waals surface area (Å²) < 4.78 is 36.5. The molecule has 1 aliphatic heterocycles. The molecule has 16 heteroatoms. The van der Waals surface area contributed by atoms with Gasteiger partial charge in [0.15, 0.2) is 17.7 Å². The van der Waals surface area contributed by atoms with Gasteiger partial charge in [0.1, 0.15) is 6.61 Å². The molecule has 1 saturated heterocycles. The molecule has 0 spiro atoms. The van der Waals surface area contributed by atoms with Gasteiger partial charge in [0.2, 0.25) is 12.4 Å². The van der Waals surface area contributed by atoms with E-state index in [1.807, 2.05) is 0 Å².